The molecule has 0 aliphatic rings. The maximum atomic E-state index is 12.5. The zero-order valence-corrected chi connectivity index (χ0v) is 19.0. The van der Waals surface area contributed by atoms with Crippen molar-refractivity contribution in [1.82, 2.24) is 0 Å². The number of nitro groups is 1. The highest BCUT2D eigenvalue weighted by molar-refractivity contribution is 6.00. The van der Waals surface area contributed by atoms with Crippen molar-refractivity contribution in [3.8, 4) is 5.75 Å². The lowest BCUT2D eigenvalue weighted by atomic mass is 9.79. The number of nitro benzene ring substituents is 1. The predicted octanol–water partition coefficient (Wildman–Crippen LogP) is 5.76. The van der Waals surface area contributed by atoms with Gasteiger partial charge in [0, 0.05) is 41.6 Å². The fraction of sp³-hybridized carbons (Fsp3) is 0.391. The van der Waals surface area contributed by atoms with Crippen LogP contribution in [0.25, 0.3) is 0 Å². The minimum Gasteiger partial charge on any atom is -0.426 e. The quantitative estimate of drug-likeness (QED) is 0.279. The molecule has 166 valence electrons. The van der Waals surface area contributed by atoms with Crippen LogP contribution in [0.15, 0.2) is 36.4 Å². The van der Waals surface area contributed by atoms with E-state index in [0.29, 0.717) is 17.1 Å². The summed E-state index contributed by atoms with van der Waals surface area (Å²) in [6.07, 6.45) is 0. The number of nitrogens with zero attached hydrogens (tertiary/aromatic N) is 1. The number of nitrogens with one attached hydrogen (secondary N) is 2. The molecule has 0 spiro atoms. The van der Waals surface area contributed by atoms with Crippen molar-refractivity contribution in [1.29, 1.82) is 0 Å². The van der Waals surface area contributed by atoms with E-state index in [2.05, 4.69) is 10.6 Å². The number of esters is 1. The monoisotopic (exact) mass is 427 g/mol. The third-order valence-electron chi connectivity index (χ3n) is 4.54. The second-order valence-corrected chi connectivity index (χ2v) is 9.38. The van der Waals surface area contributed by atoms with Gasteiger partial charge in [-0.3, -0.25) is 14.9 Å². The number of amides is 2. The molecule has 0 atom stereocenters. The van der Waals surface area contributed by atoms with Crippen LogP contribution in [0.2, 0.25) is 0 Å². The Morgan fingerprint density at radius 3 is 1.71 bits per heavy atom. The van der Waals surface area contributed by atoms with Crippen molar-refractivity contribution in [2.24, 2.45) is 0 Å². The molecule has 8 nitrogen and oxygen atoms in total. The summed E-state index contributed by atoms with van der Waals surface area (Å²) in [6.45, 7) is 13.4. The molecule has 0 saturated carbocycles. The molecule has 2 aromatic carbocycles. The lowest BCUT2D eigenvalue weighted by Crippen LogP contribution is -2.24. The molecule has 0 saturated heterocycles. The highest BCUT2D eigenvalue weighted by Gasteiger charge is 2.29. The van der Waals surface area contributed by atoms with Crippen LogP contribution < -0.4 is 15.4 Å². The number of rotatable bonds is 4. The lowest BCUT2D eigenvalue weighted by molar-refractivity contribution is -0.384. The van der Waals surface area contributed by atoms with E-state index in [1.54, 1.807) is 12.1 Å². The standard InChI is InChI=1S/C23H29N3O5/c1-14(27)31-20-18(22(2,3)4)12-16(13-19(20)23(5,6)7)25-21(28)24-15-8-10-17(11-9-15)26(29)30/h8-13H,1-7H3,(H2,24,25,28). The maximum absolute atomic E-state index is 12.5. The number of benzene rings is 2. The van der Waals surface area contributed by atoms with Crippen LogP contribution in [0.3, 0.4) is 0 Å². The van der Waals surface area contributed by atoms with Crippen LogP contribution >= 0.6 is 0 Å². The summed E-state index contributed by atoms with van der Waals surface area (Å²) in [5, 5.41) is 16.2. The molecular weight excluding hydrogens is 398 g/mol. The Bertz CT molecular complexity index is 964. The summed E-state index contributed by atoms with van der Waals surface area (Å²) >= 11 is 0. The Balaban J connectivity index is 2.40. The number of carbonyl (C=O) groups is 2. The van der Waals surface area contributed by atoms with Gasteiger partial charge in [0.05, 0.1) is 4.92 Å². The molecule has 2 amide bonds. The highest BCUT2D eigenvalue weighted by Crippen LogP contribution is 2.42. The zero-order chi connectivity index (χ0) is 23.6. The van der Waals surface area contributed by atoms with Crippen molar-refractivity contribution in [2.45, 2.75) is 59.3 Å². The minimum atomic E-state index is -0.503. The third-order valence-corrected chi connectivity index (χ3v) is 4.54. The molecule has 0 radical (unpaired) electrons. The van der Waals surface area contributed by atoms with Crippen LogP contribution in [0, 0.1) is 10.1 Å². The third kappa shape index (κ3) is 6.28. The van der Waals surface area contributed by atoms with Crippen LogP contribution in [-0.2, 0) is 15.6 Å². The van der Waals surface area contributed by atoms with E-state index in [4.69, 9.17) is 4.74 Å². The lowest BCUT2D eigenvalue weighted by Gasteiger charge is -2.30. The fourth-order valence-electron chi connectivity index (χ4n) is 3.03. The van der Waals surface area contributed by atoms with E-state index < -0.39 is 16.9 Å². The first-order chi connectivity index (χ1) is 14.2. The number of carbonyl (C=O) groups excluding carboxylic acids is 2. The van der Waals surface area contributed by atoms with E-state index in [9.17, 15) is 19.7 Å². The van der Waals surface area contributed by atoms with Crippen molar-refractivity contribution >= 4 is 29.1 Å². The molecule has 8 heteroatoms. The van der Waals surface area contributed by atoms with Gasteiger partial charge in [-0.25, -0.2) is 4.79 Å². The molecule has 2 aromatic rings. The molecule has 2 N–H and O–H groups in total. The fourth-order valence-corrected chi connectivity index (χ4v) is 3.03. The molecule has 2 rings (SSSR count). The molecule has 0 aliphatic heterocycles. The topological polar surface area (TPSA) is 111 Å². The number of hydrogen-bond donors (Lipinski definition) is 2. The number of urea groups is 1. The van der Waals surface area contributed by atoms with Crippen LogP contribution in [0.4, 0.5) is 21.9 Å². The summed E-state index contributed by atoms with van der Waals surface area (Å²) in [5.41, 5.74) is 1.80. The Hall–Kier alpha value is -3.42. The normalized spacial score (nSPS) is 11.6. The minimum absolute atomic E-state index is 0.0587. The smallest absolute Gasteiger partial charge is 0.323 e. The number of hydrogen-bond acceptors (Lipinski definition) is 5. The second-order valence-electron chi connectivity index (χ2n) is 9.38. The van der Waals surface area contributed by atoms with Crippen molar-refractivity contribution in [3.05, 3.63) is 57.6 Å². The Labute approximate surface area is 182 Å². The summed E-state index contributed by atoms with van der Waals surface area (Å²) in [5.74, 6) is 0.0986. The van der Waals surface area contributed by atoms with Crippen molar-refractivity contribution in [3.63, 3.8) is 0 Å². The van der Waals surface area contributed by atoms with Crippen LogP contribution in [0.1, 0.15) is 59.6 Å². The van der Waals surface area contributed by atoms with E-state index in [-0.39, 0.29) is 16.5 Å². The molecule has 0 bridgehead atoms. The van der Waals surface area contributed by atoms with Gasteiger partial charge in [0.15, 0.2) is 0 Å². The van der Waals surface area contributed by atoms with Gasteiger partial charge >= 0.3 is 12.0 Å². The molecule has 0 fully saturated rings. The largest absolute Gasteiger partial charge is 0.426 e. The zero-order valence-electron chi connectivity index (χ0n) is 19.0. The van der Waals surface area contributed by atoms with E-state index in [1.807, 2.05) is 41.5 Å². The summed E-state index contributed by atoms with van der Waals surface area (Å²) in [6, 6.07) is 8.66. The van der Waals surface area contributed by atoms with Gasteiger partial charge in [-0.15, -0.1) is 0 Å². The summed E-state index contributed by atoms with van der Waals surface area (Å²) < 4.78 is 5.59. The molecule has 0 aliphatic carbocycles. The van der Waals surface area contributed by atoms with Gasteiger partial charge in [0.2, 0.25) is 0 Å². The van der Waals surface area contributed by atoms with Crippen LogP contribution in [-0.4, -0.2) is 16.9 Å². The number of anilines is 2. The average Bonchev–Trinajstić information content (AvgIpc) is 2.60. The van der Waals surface area contributed by atoms with E-state index >= 15 is 0 Å². The Kier molecular flexibility index (Phi) is 6.73. The molecule has 0 heterocycles. The Morgan fingerprint density at radius 1 is 0.871 bits per heavy atom. The van der Waals surface area contributed by atoms with Crippen molar-refractivity contribution in [2.75, 3.05) is 10.6 Å². The summed E-state index contributed by atoms with van der Waals surface area (Å²) in [4.78, 5) is 34.6. The molecule has 0 unspecified atom stereocenters. The van der Waals surface area contributed by atoms with Gasteiger partial charge in [0.25, 0.3) is 5.69 Å². The van der Waals surface area contributed by atoms with Gasteiger partial charge in [-0.05, 0) is 35.1 Å². The van der Waals surface area contributed by atoms with Crippen molar-refractivity contribution < 1.29 is 19.2 Å². The van der Waals surface area contributed by atoms with Gasteiger partial charge in [-0.1, -0.05) is 41.5 Å². The van der Waals surface area contributed by atoms with Gasteiger partial charge < -0.3 is 15.4 Å². The van der Waals surface area contributed by atoms with Gasteiger partial charge in [-0.2, -0.15) is 0 Å². The average molecular weight is 428 g/mol. The highest BCUT2D eigenvalue weighted by atomic mass is 16.6. The first-order valence-corrected chi connectivity index (χ1v) is 9.88. The first kappa shape index (κ1) is 23.9. The molecular formula is C23H29N3O5. The molecule has 0 aromatic heterocycles. The first-order valence-electron chi connectivity index (χ1n) is 9.88. The molecule has 31 heavy (non-hydrogen) atoms. The number of ether oxygens (including phenoxy) is 1. The van der Waals surface area contributed by atoms with E-state index in [0.717, 1.165) is 11.1 Å². The maximum Gasteiger partial charge on any atom is 0.323 e. The van der Waals surface area contributed by atoms with Gasteiger partial charge in [0.1, 0.15) is 5.75 Å². The van der Waals surface area contributed by atoms with E-state index in [1.165, 1.54) is 31.2 Å². The SMILES string of the molecule is CC(=O)Oc1c(C(C)(C)C)cc(NC(=O)Nc2ccc([N+](=O)[O-])cc2)cc1C(C)(C)C. The number of non-ortho nitro benzene ring substituents is 1. The predicted molar refractivity (Wildman–Crippen MR) is 121 cm³/mol. The second kappa shape index (κ2) is 8.75. The van der Waals surface area contributed by atoms with Crippen LogP contribution in [0.5, 0.6) is 5.75 Å². The summed E-state index contributed by atoms with van der Waals surface area (Å²) in [7, 11) is 0. The Morgan fingerprint density at radius 2 is 1.32 bits per heavy atom.